The van der Waals surface area contributed by atoms with Crippen molar-refractivity contribution in [1.29, 1.82) is 0 Å². The molecule has 0 aliphatic carbocycles. The Morgan fingerprint density at radius 3 is 1.05 bits per heavy atom. The molecule has 0 bridgehead atoms. The van der Waals surface area contributed by atoms with Crippen molar-refractivity contribution in [2.75, 3.05) is 0 Å². The summed E-state index contributed by atoms with van der Waals surface area (Å²) in [4.78, 5) is 12.2. The Labute approximate surface area is 352 Å². The fourth-order valence-electron chi connectivity index (χ4n) is 6.38. The number of aromatic nitrogens is 3. The largest absolute Gasteiger partial charge is 0.464 e. The van der Waals surface area contributed by atoms with Gasteiger partial charge in [-0.15, -0.1) is 0 Å². The first-order chi connectivity index (χ1) is 28.9. The molecule has 310 valence electrons. The number of fused-ring (bicyclic) bond motifs is 5. The van der Waals surface area contributed by atoms with Crippen LogP contribution < -0.4 is 0 Å². The molecule has 0 fully saturated rings. The van der Waals surface area contributed by atoms with Crippen molar-refractivity contribution >= 4 is 55.2 Å². The van der Waals surface area contributed by atoms with E-state index in [1.807, 2.05) is 54.6 Å². The fourth-order valence-corrected chi connectivity index (χ4v) is 6.38. The molecule has 0 spiro atoms. The standard InChI is InChI=1S/2C11H12O.3C10H11NO/c2*1-8(2)9-3-4-11-10(7-9)5-6-12-11;1-7(2)8-3-4-10-9(5-8)11-6-12-10;2*1-7(2)8-3-4-9-10(5-8)12-6-11-9/h2*3-8H,1-2H3;3*3-7H,1-2H3. The molecule has 5 aromatic carbocycles. The number of hydrogen-bond donors (Lipinski definition) is 0. The normalized spacial score (nSPS) is 11.2. The Kier molecular flexibility index (Phi) is 14.4. The van der Waals surface area contributed by atoms with E-state index < -0.39 is 0 Å². The summed E-state index contributed by atoms with van der Waals surface area (Å²) in [5.74, 6) is 2.80. The molecular formula is C52H57N3O5. The molecule has 0 saturated carbocycles. The third kappa shape index (κ3) is 11.2. The molecule has 10 aromatic rings. The van der Waals surface area contributed by atoms with Crippen LogP contribution in [0.4, 0.5) is 0 Å². The van der Waals surface area contributed by atoms with Crippen molar-refractivity contribution in [3.63, 3.8) is 0 Å². The molecule has 0 aliphatic heterocycles. The van der Waals surface area contributed by atoms with Gasteiger partial charge in [0.1, 0.15) is 27.7 Å². The van der Waals surface area contributed by atoms with Crippen LogP contribution in [0.5, 0.6) is 0 Å². The lowest BCUT2D eigenvalue weighted by molar-refractivity contribution is 0.601. The molecular weight excluding hydrogens is 747 g/mol. The summed E-state index contributed by atoms with van der Waals surface area (Å²) in [6.45, 7) is 21.8. The number of rotatable bonds is 5. The Balaban J connectivity index is 0.000000126. The van der Waals surface area contributed by atoms with Gasteiger partial charge in [-0.25, -0.2) is 15.0 Å². The first-order valence-corrected chi connectivity index (χ1v) is 20.8. The Bertz CT molecular complexity index is 2390. The van der Waals surface area contributed by atoms with Crippen LogP contribution >= 0.6 is 0 Å². The molecule has 0 unspecified atom stereocenters. The average Bonchev–Trinajstić information content (AvgIpc) is 4.10. The lowest BCUT2D eigenvalue weighted by atomic mass is 10.0. The minimum absolute atomic E-state index is 0.541. The van der Waals surface area contributed by atoms with Crippen LogP contribution in [0, 0.1) is 0 Å². The molecule has 0 N–H and O–H groups in total. The van der Waals surface area contributed by atoms with Crippen molar-refractivity contribution in [1.82, 2.24) is 15.0 Å². The third-order valence-electron chi connectivity index (χ3n) is 10.4. The van der Waals surface area contributed by atoms with Crippen LogP contribution in [0.1, 0.15) is 127 Å². The summed E-state index contributed by atoms with van der Waals surface area (Å²) < 4.78 is 26.0. The highest BCUT2D eigenvalue weighted by atomic mass is 16.3. The zero-order valence-electron chi connectivity index (χ0n) is 36.5. The van der Waals surface area contributed by atoms with Gasteiger partial charge in [0.2, 0.25) is 0 Å². The van der Waals surface area contributed by atoms with Gasteiger partial charge >= 0.3 is 0 Å². The summed E-state index contributed by atoms with van der Waals surface area (Å²) in [5.41, 5.74) is 14.0. The maximum atomic E-state index is 5.25. The van der Waals surface area contributed by atoms with E-state index >= 15 is 0 Å². The SMILES string of the molecule is CC(C)c1ccc2ncoc2c1.CC(C)c1ccc2ncoc2c1.CC(C)c1ccc2occc2c1.CC(C)c1ccc2occc2c1.CC(C)c1ccc2ocnc2c1. The molecule has 8 heteroatoms. The molecule has 5 aromatic heterocycles. The van der Waals surface area contributed by atoms with Gasteiger partial charge in [0.25, 0.3) is 0 Å². The summed E-state index contributed by atoms with van der Waals surface area (Å²) in [6.07, 6.45) is 7.90. The average molecular weight is 804 g/mol. The minimum Gasteiger partial charge on any atom is -0.464 e. The molecule has 10 rings (SSSR count). The first kappa shape index (κ1) is 43.2. The maximum Gasteiger partial charge on any atom is 0.181 e. The summed E-state index contributed by atoms with van der Waals surface area (Å²) in [6, 6.07) is 35.1. The zero-order valence-corrected chi connectivity index (χ0v) is 36.5. The van der Waals surface area contributed by atoms with Gasteiger partial charge in [-0.1, -0.05) is 99.6 Å². The minimum atomic E-state index is 0.541. The molecule has 0 radical (unpaired) electrons. The van der Waals surface area contributed by atoms with Gasteiger partial charge in [-0.05, 0) is 130 Å². The van der Waals surface area contributed by atoms with Crippen LogP contribution in [0.2, 0.25) is 0 Å². The van der Waals surface area contributed by atoms with E-state index in [-0.39, 0.29) is 0 Å². The smallest absolute Gasteiger partial charge is 0.181 e. The maximum absolute atomic E-state index is 5.25. The highest BCUT2D eigenvalue weighted by molar-refractivity contribution is 5.79. The quantitative estimate of drug-likeness (QED) is 0.169. The predicted molar refractivity (Wildman–Crippen MR) is 245 cm³/mol. The molecule has 0 atom stereocenters. The van der Waals surface area contributed by atoms with Crippen molar-refractivity contribution in [2.24, 2.45) is 0 Å². The van der Waals surface area contributed by atoms with Gasteiger partial charge in [0, 0.05) is 10.8 Å². The highest BCUT2D eigenvalue weighted by Crippen LogP contribution is 2.25. The second-order valence-electron chi connectivity index (χ2n) is 16.4. The Hall–Kier alpha value is -6.41. The van der Waals surface area contributed by atoms with Crippen molar-refractivity contribution < 1.29 is 22.1 Å². The van der Waals surface area contributed by atoms with Crippen molar-refractivity contribution in [2.45, 2.75) is 98.8 Å². The number of nitrogens with zero attached hydrogens (tertiary/aromatic N) is 3. The lowest BCUT2D eigenvalue weighted by Gasteiger charge is -2.03. The van der Waals surface area contributed by atoms with E-state index in [2.05, 4.69) is 133 Å². The predicted octanol–water partition coefficient (Wildman–Crippen LogP) is 16.0. The Morgan fingerprint density at radius 2 is 0.633 bits per heavy atom. The van der Waals surface area contributed by atoms with E-state index in [1.165, 1.54) is 57.8 Å². The van der Waals surface area contributed by atoms with Crippen molar-refractivity contribution in [3.8, 4) is 0 Å². The van der Waals surface area contributed by atoms with Gasteiger partial charge in [-0.3, -0.25) is 0 Å². The van der Waals surface area contributed by atoms with Gasteiger partial charge in [0.05, 0.1) is 12.5 Å². The summed E-state index contributed by atoms with van der Waals surface area (Å²) >= 11 is 0. The molecule has 8 nitrogen and oxygen atoms in total. The topological polar surface area (TPSA) is 104 Å². The van der Waals surface area contributed by atoms with E-state index in [9.17, 15) is 0 Å². The van der Waals surface area contributed by atoms with Crippen LogP contribution in [0.25, 0.3) is 55.2 Å². The lowest BCUT2D eigenvalue weighted by Crippen LogP contribution is -1.85. The third-order valence-corrected chi connectivity index (χ3v) is 10.4. The second-order valence-corrected chi connectivity index (χ2v) is 16.4. The van der Waals surface area contributed by atoms with E-state index in [0.29, 0.717) is 29.6 Å². The molecule has 60 heavy (non-hydrogen) atoms. The second kappa shape index (κ2) is 20.0. The van der Waals surface area contributed by atoms with E-state index in [0.717, 1.165) is 44.5 Å². The van der Waals surface area contributed by atoms with E-state index in [4.69, 9.17) is 22.1 Å². The molecule has 0 amide bonds. The zero-order chi connectivity index (χ0) is 42.8. The van der Waals surface area contributed by atoms with E-state index in [1.54, 1.807) is 12.5 Å². The highest BCUT2D eigenvalue weighted by Gasteiger charge is 2.06. The van der Waals surface area contributed by atoms with Crippen LogP contribution in [0.15, 0.2) is 157 Å². The molecule has 0 aliphatic rings. The number of oxazole rings is 3. The fraction of sp³-hybridized carbons (Fsp3) is 0.288. The summed E-state index contributed by atoms with van der Waals surface area (Å²) in [7, 11) is 0. The van der Waals surface area contributed by atoms with Crippen LogP contribution in [0.3, 0.4) is 0 Å². The van der Waals surface area contributed by atoms with Crippen LogP contribution in [-0.4, -0.2) is 15.0 Å². The number of furan rings is 2. The number of hydrogen-bond acceptors (Lipinski definition) is 8. The van der Waals surface area contributed by atoms with Gasteiger partial charge in [0.15, 0.2) is 35.9 Å². The van der Waals surface area contributed by atoms with Crippen LogP contribution in [-0.2, 0) is 0 Å². The molecule has 0 saturated heterocycles. The van der Waals surface area contributed by atoms with Gasteiger partial charge < -0.3 is 22.1 Å². The molecule has 5 heterocycles. The first-order valence-electron chi connectivity index (χ1n) is 20.8. The monoisotopic (exact) mass is 803 g/mol. The van der Waals surface area contributed by atoms with Gasteiger partial charge in [-0.2, -0.15) is 0 Å². The number of benzene rings is 5. The Morgan fingerprint density at radius 1 is 0.300 bits per heavy atom. The van der Waals surface area contributed by atoms with Crippen molar-refractivity contribution in [3.05, 3.63) is 163 Å². The summed E-state index contributed by atoms with van der Waals surface area (Å²) in [5, 5.41) is 2.39.